The van der Waals surface area contributed by atoms with E-state index in [4.69, 9.17) is 9.84 Å². The topological polar surface area (TPSA) is 46.5 Å². The molecule has 0 radical (unpaired) electrons. The van der Waals surface area contributed by atoms with Gasteiger partial charge >= 0.3 is 5.97 Å². The van der Waals surface area contributed by atoms with Gasteiger partial charge in [0.15, 0.2) is 6.10 Å². The summed E-state index contributed by atoms with van der Waals surface area (Å²) in [5.74, 6) is -0.940. The highest BCUT2D eigenvalue weighted by molar-refractivity contribution is 5.85. The summed E-state index contributed by atoms with van der Waals surface area (Å²) in [5, 5.41) is 8.93. The minimum absolute atomic E-state index is 0. The van der Waals surface area contributed by atoms with Crippen LogP contribution in [0, 0.1) is 0 Å². The zero-order valence-electron chi connectivity index (χ0n) is 8.55. The Labute approximate surface area is 95.5 Å². The fraction of sp³-hybridized carbons (Fsp3) is 0.364. The van der Waals surface area contributed by atoms with Gasteiger partial charge < -0.3 is 9.84 Å². The van der Waals surface area contributed by atoms with Crippen LogP contribution in [0.3, 0.4) is 0 Å². The van der Waals surface area contributed by atoms with Gasteiger partial charge in [0.05, 0.1) is 0 Å². The van der Waals surface area contributed by atoms with E-state index in [2.05, 4.69) is 0 Å². The van der Waals surface area contributed by atoms with E-state index in [1.165, 1.54) is 0 Å². The summed E-state index contributed by atoms with van der Waals surface area (Å²) in [6, 6.07) is 8.98. The van der Waals surface area contributed by atoms with Crippen LogP contribution in [0.25, 0.3) is 0 Å². The molecule has 0 fully saturated rings. The van der Waals surface area contributed by atoms with Crippen molar-refractivity contribution < 1.29 is 14.6 Å². The van der Waals surface area contributed by atoms with Crippen LogP contribution in [0.5, 0.6) is 0 Å². The first-order chi connectivity index (χ1) is 6.75. The molecule has 0 amide bonds. The molecule has 84 valence electrons. The first-order valence-electron chi connectivity index (χ1n) is 4.65. The minimum Gasteiger partial charge on any atom is -0.479 e. The van der Waals surface area contributed by atoms with Crippen molar-refractivity contribution in [2.75, 3.05) is 6.61 Å². The number of carboxylic acid groups (broad SMARTS) is 1. The highest BCUT2D eigenvalue weighted by Gasteiger charge is 2.19. The molecular formula is C11H15ClO3. The van der Waals surface area contributed by atoms with E-state index in [0.717, 1.165) is 6.42 Å². The van der Waals surface area contributed by atoms with Gasteiger partial charge in [0, 0.05) is 6.61 Å². The lowest BCUT2D eigenvalue weighted by molar-refractivity contribution is -0.150. The highest BCUT2D eigenvalue weighted by atomic mass is 35.5. The number of rotatable bonds is 5. The van der Waals surface area contributed by atoms with Gasteiger partial charge in [0.25, 0.3) is 0 Å². The molecule has 0 saturated heterocycles. The number of benzene rings is 1. The number of hydrogen-bond donors (Lipinski definition) is 1. The molecule has 1 rings (SSSR count). The van der Waals surface area contributed by atoms with E-state index in [1.54, 1.807) is 24.3 Å². The van der Waals surface area contributed by atoms with Crippen LogP contribution in [-0.4, -0.2) is 17.7 Å². The van der Waals surface area contributed by atoms with Crippen molar-refractivity contribution >= 4 is 18.4 Å². The van der Waals surface area contributed by atoms with E-state index < -0.39 is 12.1 Å². The van der Waals surface area contributed by atoms with Crippen molar-refractivity contribution in [2.45, 2.75) is 19.4 Å². The Balaban J connectivity index is 0.00000196. The molecule has 1 N–H and O–H groups in total. The van der Waals surface area contributed by atoms with Crippen LogP contribution in [0.1, 0.15) is 25.0 Å². The average molecular weight is 231 g/mol. The second kappa shape index (κ2) is 7.26. The van der Waals surface area contributed by atoms with Crippen molar-refractivity contribution in [3.05, 3.63) is 35.9 Å². The lowest BCUT2D eigenvalue weighted by atomic mass is 10.1. The number of aliphatic carboxylic acids is 1. The quantitative estimate of drug-likeness (QED) is 0.846. The van der Waals surface area contributed by atoms with E-state index in [1.807, 2.05) is 13.0 Å². The average Bonchev–Trinajstić information content (AvgIpc) is 2.19. The van der Waals surface area contributed by atoms with E-state index >= 15 is 0 Å². The number of hydrogen-bond acceptors (Lipinski definition) is 2. The lowest BCUT2D eigenvalue weighted by Gasteiger charge is -2.12. The second-order valence-electron chi connectivity index (χ2n) is 3.00. The summed E-state index contributed by atoms with van der Waals surface area (Å²) < 4.78 is 5.24. The second-order valence-corrected chi connectivity index (χ2v) is 3.00. The molecule has 1 aromatic carbocycles. The smallest absolute Gasteiger partial charge is 0.337 e. The fourth-order valence-electron chi connectivity index (χ4n) is 1.17. The van der Waals surface area contributed by atoms with Crippen LogP contribution in [0.2, 0.25) is 0 Å². The minimum atomic E-state index is -0.940. The number of carboxylic acids is 1. The van der Waals surface area contributed by atoms with Gasteiger partial charge in [-0.05, 0) is 12.0 Å². The molecule has 0 aromatic heterocycles. The van der Waals surface area contributed by atoms with Gasteiger partial charge in [0.1, 0.15) is 0 Å². The van der Waals surface area contributed by atoms with Crippen molar-refractivity contribution in [3.63, 3.8) is 0 Å². The molecule has 0 aliphatic carbocycles. The Kier molecular flexibility index (Phi) is 6.75. The largest absolute Gasteiger partial charge is 0.479 e. The van der Waals surface area contributed by atoms with Crippen molar-refractivity contribution in [2.24, 2.45) is 0 Å². The van der Waals surface area contributed by atoms with Gasteiger partial charge in [-0.2, -0.15) is 0 Å². The normalized spacial score (nSPS) is 11.5. The maximum Gasteiger partial charge on any atom is 0.337 e. The van der Waals surface area contributed by atoms with Crippen LogP contribution in [0.4, 0.5) is 0 Å². The zero-order chi connectivity index (χ0) is 10.4. The lowest BCUT2D eigenvalue weighted by Crippen LogP contribution is -2.15. The molecule has 15 heavy (non-hydrogen) atoms. The predicted molar refractivity (Wildman–Crippen MR) is 60.3 cm³/mol. The Hall–Kier alpha value is -1.06. The summed E-state index contributed by atoms with van der Waals surface area (Å²) in [7, 11) is 0. The molecule has 0 bridgehead atoms. The number of halogens is 1. The SMILES string of the molecule is CCCOC(C(=O)O)c1ccccc1.Cl. The van der Waals surface area contributed by atoms with Crippen molar-refractivity contribution in [3.8, 4) is 0 Å². The number of ether oxygens (including phenoxy) is 1. The standard InChI is InChI=1S/C11H14O3.ClH/c1-2-8-14-10(11(12)13)9-6-4-3-5-7-9;/h3-7,10H,2,8H2,1H3,(H,12,13);1H. The Morgan fingerprint density at radius 1 is 1.40 bits per heavy atom. The Morgan fingerprint density at radius 3 is 2.47 bits per heavy atom. The highest BCUT2D eigenvalue weighted by Crippen LogP contribution is 2.17. The van der Waals surface area contributed by atoms with Crippen LogP contribution >= 0.6 is 12.4 Å². The van der Waals surface area contributed by atoms with Crippen molar-refractivity contribution in [1.82, 2.24) is 0 Å². The van der Waals surface area contributed by atoms with Gasteiger partial charge in [-0.3, -0.25) is 0 Å². The summed E-state index contributed by atoms with van der Waals surface area (Å²) >= 11 is 0. The first-order valence-corrected chi connectivity index (χ1v) is 4.65. The van der Waals surface area contributed by atoms with Crippen LogP contribution < -0.4 is 0 Å². The molecule has 0 spiro atoms. The van der Waals surface area contributed by atoms with Gasteiger partial charge in [-0.25, -0.2) is 4.79 Å². The van der Waals surface area contributed by atoms with Gasteiger partial charge in [0.2, 0.25) is 0 Å². The van der Waals surface area contributed by atoms with Crippen LogP contribution in [0.15, 0.2) is 30.3 Å². The van der Waals surface area contributed by atoms with Crippen molar-refractivity contribution in [1.29, 1.82) is 0 Å². The third kappa shape index (κ3) is 4.32. The maximum absolute atomic E-state index is 10.9. The molecule has 3 nitrogen and oxygen atoms in total. The molecule has 0 saturated carbocycles. The van der Waals surface area contributed by atoms with Crippen LogP contribution in [-0.2, 0) is 9.53 Å². The summed E-state index contributed by atoms with van der Waals surface area (Å²) in [6.07, 6.45) is -0.0208. The monoisotopic (exact) mass is 230 g/mol. The van der Waals surface area contributed by atoms with E-state index in [0.29, 0.717) is 12.2 Å². The maximum atomic E-state index is 10.9. The van der Waals surface area contributed by atoms with Gasteiger partial charge in [-0.1, -0.05) is 37.3 Å². The zero-order valence-corrected chi connectivity index (χ0v) is 9.37. The molecular weight excluding hydrogens is 216 g/mol. The molecule has 1 atom stereocenters. The number of carbonyl (C=O) groups is 1. The van der Waals surface area contributed by atoms with Gasteiger partial charge in [-0.15, -0.1) is 12.4 Å². The third-order valence-corrected chi connectivity index (χ3v) is 1.82. The molecule has 0 aliphatic rings. The summed E-state index contributed by atoms with van der Waals surface area (Å²) in [5.41, 5.74) is 0.688. The molecule has 0 aliphatic heterocycles. The molecule has 0 heterocycles. The molecule has 1 aromatic rings. The van der Waals surface area contributed by atoms with E-state index in [9.17, 15) is 4.79 Å². The molecule has 4 heteroatoms. The Morgan fingerprint density at radius 2 is 2.00 bits per heavy atom. The van der Waals surface area contributed by atoms with E-state index in [-0.39, 0.29) is 12.4 Å². The Bertz CT molecular complexity index is 287. The predicted octanol–water partition coefficient (Wildman–Crippen LogP) is 2.66. The summed E-state index contributed by atoms with van der Waals surface area (Å²) in [4.78, 5) is 10.9. The third-order valence-electron chi connectivity index (χ3n) is 1.82. The fourth-order valence-corrected chi connectivity index (χ4v) is 1.17. The summed E-state index contributed by atoms with van der Waals surface area (Å²) in [6.45, 7) is 2.41. The first kappa shape index (κ1) is 13.9. The molecule has 1 unspecified atom stereocenters.